The highest BCUT2D eigenvalue weighted by Gasteiger charge is 2.68. The van der Waals surface area contributed by atoms with Gasteiger partial charge in [-0.15, -0.1) is 0 Å². The molecule has 6 heteroatoms. The summed E-state index contributed by atoms with van der Waals surface area (Å²) in [5.74, 6) is 0.847. The number of carbonyl (C=O) groups excluding carboxylic acids is 2. The van der Waals surface area contributed by atoms with Crippen molar-refractivity contribution in [2.24, 2.45) is 16.7 Å². The monoisotopic (exact) mass is 576 g/mol. The maximum atomic E-state index is 14.3. The molecule has 7 rings (SSSR count). The number of nitrogens with one attached hydrogen (secondary N) is 2. The SMILES string of the molecule is Cc1cc([N+]2([C@H]3CCNC3)CCC[C@H]2C)ccc1C1(C2CCCCC23CCCCC3=O)COCCC12CCCNC2=O. The largest absolute Gasteiger partial charge is 0.380 e. The van der Waals surface area contributed by atoms with Gasteiger partial charge < -0.3 is 15.4 Å². The van der Waals surface area contributed by atoms with Gasteiger partial charge in [-0.3, -0.25) is 14.1 Å². The molecule has 5 unspecified atom stereocenters. The molecule has 6 fully saturated rings. The highest BCUT2D eigenvalue weighted by atomic mass is 16.5. The molecule has 1 amide bonds. The van der Waals surface area contributed by atoms with Crippen LogP contribution in [0.15, 0.2) is 18.2 Å². The van der Waals surface area contributed by atoms with Crippen LogP contribution in [0.5, 0.6) is 0 Å². The van der Waals surface area contributed by atoms with E-state index in [1.807, 2.05) is 0 Å². The quantitative estimate of drug-likeness (QED) is 0.450. The van der Waals surface area contributed by atoms with Gasteiger partial charge in [-0.1, -0.05) is 25.3 Å². The Hall–Kier alpha value is -1.76. The maximum Gasteiger partial charge on any atom is 0.227 e. The van der Waals surface area contributed by atoms with Crippen LogP contribution in [0.3, 0.4) is 0 Å². The first-order chi connectivity index (χ1) is 20.4. The first kappa shape index (κ1) is 29.0. The molecule has 4 aliphatic heterocycles. The number of Topliss-reactive ketones (excluding diaryl/α,β-unsaturated/α-hetero) is 1. The van der Waals surface area contributed by atoms with E-state index in [1.165, 1.54) is 42.6 Å². The van der Waals surface area contributed by atoms with Crippen LogP contribution >= 0.6 is 0 Å². The fraction of sp³-hybridized carbons (Fsp3) is 0.778. The molecule has 42 heavy (non-hydrogen) atoms. The van der Waals surface area contributed by atoms with Crippen molar-refractivity contribution in [1.82, 2.24) is 15.1 Å². The van der Waals surface area contributed by atoms with E-state index in [-0.39, 0.29) is 17.2 Å². The zero-order valence-electron chi connectivity index (χ0n) is 26.3. The highest BCUT2D eigenvalue weighted by Crippen LogP contribution is 2.65. The van der Waals surface area contributed by atoms with Crippen molar-refractivity contribution in [2.75, 3.05) is 39.4 Å². The summed E-state index contributed by atoms with van der Waals surface area (Å²) in [6.45, 7) is 10.2. The van der Waals surface area contributed by atoms with Crippen LogP contribution in [-0.4, -0.2) is 63.2 Å². The van der Waals surface area contributed by atoms with Crippen molar-refractivity contribution in [3.05, 3.63) is 29.3 Å². The molecular weight excluding hydrogens is 522 g/mol. The lowest BCUT2D eigenvalue weighted by Gasteiger charge is -2.63. The number of ketones is 1. The lowest BCUT2D eigenvalue weighted by molar-refractivity contribution is -0.176. The fourth-order valence-electron chi connectivity index (χ4n) is 11.7. The van der Waals surface area contributed by atoms with E-state index >= 15 is 0 Å². The average Bonchev–Trinajstić information content (AvgIpc) is 3.68. The summed E-state index contributed by atoms with van der Waals surface area (Å²) in [7, 11) is 0. The molecule has 6 nitrogen and oxygen atoms in total. The minimum Gasteiger partial charge on any atom is -0.380 e. The van der Waals surface area contributed by atoms with Gasteiger partial charge in [-0.05, 0) is 81.9 Å². The molecule has 6 aliphatic rings. The normalized spacial score (nSPS) is 42.8. The minimum atomic E-state index is -0.523. The fourth-order valence-corrected chi connectivity index (χ4v) is 11.7. The zero-order valence-corrected chi connectivity index (χ0v) is 26.3. The molecule has 1 aromatic carbocycles. The number of rotatable bonds is 4. The Kier molecular flexibility index (Phi) is 7.59. The number of carbonyl (C=O) groups is 2. The Morgan fingerprint density at radius 3 is 2.52 bits per heavy atom. The van der Waals surface area contributed by atoms with Gasteiger partial charge in [0.15, 0.2) is 0 Å². The minimum absolute atomic E-state index is 0.146. The van der Waals surface area contributed by atoms with Gasteiger partial charge in [0, 0.05) is 68.8 Å². The molecule has 0 bridgehead atoms. The van der Waals surface area contributed by atoms with E-state index in [4.69, 9.17) is 4.74 Å². The third-order valence-electron chi connectivity index (χ3n) is 13.6. The molecule has 2 spiro atoms. The molecule has 0 aromatic heterocycles. The predicted molar refractivity (Wildman–Crippen MR) is 167 cm³/mol. The topological polar surface area (TPSA) is 67.4 Å². The molecule has 1 aromatic rings. The van der Waals surface area contributed by atoms with E-state index in [2.05, 4.69) is 42.7 Å². The molecule has 230 valence electrons. The van der Waals surface area contributed by atoms with Gasteiger partial charge in [0.25, 0.3) is 0 Å². The smallest absolute Gasteiger partial charge is 0.227 e. The summed E-state index contributed by atoms with van der Waals surface area (Å²) in [6.07, 6.45) is 14.6. The van der Waals surface area contributed by atoms with E-state index in [0.29, 0.717) is 37.5 Å². The maximum absolute atomic E-state index is 14.3. The standard InChI is InChI=1S/C36H53N3O3/c1-26-23-28(39(21-7-9-27(39)2)29-14-20-37-24-29)12-13-30(26)36(25-42-22-18-35(36)17-8-19-38-33(35)41)31-10-3-5-15-34(31)16-6-4-11-32(34)40/h12-13,23,27,29,31,37H,3-11,14-22,24-25H2,1-2H3/p+1/t27-,29+,31?,34?,35?,36?,39?/m1/s1. The molecule has 2 aliphatic carbocycles. The van der Waals surface area contributed by atoms with Crippen molar-refractivity contribution in [1.29, 1.82) is 0 Å². The van der Waals surface area contributed by atoms with Crippen molar-refractivity contribution in [3.8, 4) is 0 Å². The van der Waals surface area contributed by atoms with Crippen LogP contribution in [0.4, 0.5) is 5.69 Å². The zero-order chi connectivity index (χ0) is 29.0. The van der Waals surface area contributed by atoms with Crippen molar-refractivity contribution in [3.63, 3.8) is 0 Å². The Morgan fingerprint density at radius 2 is 1.79 bits per heavy atom. The molecule has 2 N–H and O–H groups in total. The Labute approximate surface area is 253 Å². The highest BCUT2D eigenvalue weighted by molar-refractivity contribution is 5.89. The van der Waals surface area contributed by atoms with Gasteiger partial charge in [0.2, 0.25) is 5.91 Å². The number of hydrogen-bond acceptors (Lipinski definition) is 4. The number of likely N-dealkylation sites (tertiary alicyclic amines) is 1. The number of nitrogens with zero attached hydrogens (tertiary/aromatic N) is 1. The second-order valence-corrected chi connectivity index (χ2v) is 15.1. The third kappa shape index (κ3) is 3.99. The van der Waals surface area contributed by atoms with E-state index in [0.717, 1.165) is 88.3 Å². The number of benzene rings is 1. The van der Waals surface area contributed by atoms with E-state index < -0.39 is 10.8 Å². The summed E-state index contributed by atoms with van der Waals surface area (Å²) < 4.78 is 7.63. The first-order valence-corrected chi connectivity index (χ1v) is 17.5. The first-order valence-electron chi connectivity index (χ1n) is 17.5. The number of aryl methyl sites for hydroxylation is 1. The average molecular weight is 577 g/mol. The van der Waals surface area contributed by atoms with Crippen molar-refractivity contribution >= 4 is 17.4 Å². The van der Waals surface area contributed by atoms with Crippen molar-refractivity contribution in [2.45, 2.75) is 121 Å². The van der Waals surface area contributed by atoms with Crippen LogP contribution in [-0.2, 0) is 19.7 Å². The summed E-state index contributed by atoms with van der Waals surface area (Å²) in [6, 6.07) is 8.64. The van der Waals surface area contributed by atoms with Crippen LogP contribution < -0.4 is 15.1 Å². The molecule has 0 radical (unpaired) electrons. The lowest BCUT2D eigenvalue weighted by atomic mass is 9.41. The summed E-state index contributed by atoms with van der Waals surface area (Å²) >= 11 is 0. The van der Waals surface area contributed by atoms with Crippen LogP contribution in [0.25, 0.3) is 0 Å². The Bertz CT molecular complexity index is 1200. The van der Waals surface area contributed by atoms with Gasteiger partial charge in [0.1, 0.15) is 17.5 Å². The molecule has 7 atom stereocenters. The summed E-state index contributed by atoms with van der Waals surface area (Å²) in [5, 5.41) is 7.01. The lowest BCUT2D eigenvalue weighted by Crippen LogP contribution is -2.68. The van der Waals surface area contributed by atoms with E-state index in [1.54, 1.807) is 0 Å². The molecular formula is C36H54N3O3+. The molecule has 2 saturated carbocycles. The third-order valence-corrected chi connectivity index (χ3v) is 13.6. The number of piperidine rings is 1. The second-order valence-electron chi connectivity index (χ2n) is 15.1. The van der Waals surface area contributed by atoms with Crippen LogP contribution in [0.1, 0.15) is 108 Å². The Balaban J connectivity index is 1.42. The van der Waals surface area contributed by atoms with Gasteiger partial charge in [-0.25, -0.2) is 0 Å². The second kappa shape index (κ2) is 11.0. The predicted octanol–water partition coefficient (Wildman–Crippen LogP) is 5.72. The van der Waals surface area contributed by atoms with Gasteiger partial charge in [-0.2, -0.15) is 0 Å². The Morgan fingerprint density at radius 1 is 0.929 bits per heavy atom. The number of amides is 1. The number of quaternary nitrogens is 1. The summed E-state index contributed by atoms with van der Waals surface area (Å²) in [5.41, 5.74) is 2.74. The van der Waals surface area contributed by atoms with Crippen LogP contribution in [0.2, 0.25) is 0 Å². The summed E-state index contributed by atoms with van der Waals surface area (Å²) in [4.78, 5) is 28.5. The van der Waals surface area contributed by atoms with Gasteiger partial charge >= 0.3 is 0 Å². The number of ether oxygens (including phenoxy) is 1. The van der Waals surface area contributed by atoms with Crippen molar-refractivity contribution < 1.29 is 14.3 Å². The van der Waals surface area contributed by atoms with Gasteiger partial charge in [0.05, 0.1) is 24.6 Å². The number of hydrogen-bond donors (Lipinski definition) is 2. The van der Waals surface area contributed by atoms with Crippen LogP contribution in [0, 0.1) is 23.7 Å². The van der Waals surface area contributed by atoms with E-state index in [9.17, 15) is 9.59 Å². The molecule has 4 heterocycles. The molecule has 4 saturated heterocycles.